The number of carbonyl (C=O) groups excluding carboxylic acids is 2. The predicted octanol–water partition coefficient (Wildman–Crippen LogP) is 2.62. The van der Waals surface area contributed by atoms with E-state index in [1.54, 1.807) is 4.90 Å². The molecule has 1 fully saturated rings. The summed E-state index contributed by atoms with van der Waals surface area (Å²) in [6.07, 6.45) is 2.29. The minimum Gasteiger partial charge on any atom is -0.488 e. The van der Waals surface area contributed by atoms with Crippen LogP contribution in [-0.2, 0) is 17.8 Å². The average Bonchev–Trinajstić information content (AvgIpc) is 3.30. The van der Waals surface area contributed by atoms with Crippen molar-refractivity contribution in [3.63, 3.8) is 0 Å². The monoisotopic (exact) mass is 365 g/mol. The van der Waals surface area contributed by atoms with Gasteiger partial charge in [0.05, 0.1) is 6.54 Å². The molecule has 1 atom stereocenters. The second-order valence-corrected chi connectivity index (χ2v) is 6.93. The molecule has 2 aromatic carbocycles. The van der Waals surface area contributed by atoms with Crippen LogP contribution in [0.25, 0.3) is 0 Å². The van der Waals surface area contributed by atoms with E-state index in [9.17, 15) is 9.59 Å². The van der Waals surface area contributed by atoms with Crippen molar-refractivity contribution in [2.45, 2.75) is 31.9 Å². The van der Waals surface area contributed by atoms with E-state index in [1.807, 2.05) is 48.5 Å². The number of amides is 3. The zero-order chi connectivity index (χ0) is 18.6. The van der Waals surface area contributed by atoms with Gasteiger partial charge in [-0.2, -0.15) is 0 Å². The fourth-order valence-corrected chi connectivity index (χ4v) is 3.57. The number of anilines is 1. The standard InChI is InChI=1S/C21H23N3O3/c25-20-9-4-10-24(20)17-7-3-5-15(11-17)13-22-21(26)23-14-18-12-16-6-1-2-8-19(16)27-18/h1-3,5-8,11,18H,4,9-10,12-14H2,(H2,22,23,26). The molecule has 0 aliphatic carbocycles. The maximum absolute atomic E-state index is 12.1. The lowest BCUT2D eigenvalue weighted by molar-refractivity contribution is -0.117. The second-order valence-electron chi connectivity index (χ2n) is 6.93. The molecule has 2 aromatic rings. The molecule has 1 saturated heterocycles. The molecule has 2 N–H and O–H groups in total. The van der Waals surface area contributed by atoms with Crippen molar-refractivity contribution in [3.8, 4) is 5.75 Å². The third kappa shape index (κ3) is 4.05. The SMILES string of the molecule is O=C(NCc1cccc(N2CCCC2=O)c1)NCC1Cc2ccccc2O1. The van der Waals surface area contributed by atoms with Crippen molar-refractivity contribution < 1.29 is 14.3 Å². The molecule has 6 heteroatoms. The molecule has 6 nitrogen and oxygen atoms in total. The van der Waals surface area contributed by atoms with Crippen LogP contribution in [0.15, 0.2) is 48.5 Å². The zero-order valence-electron chi connectivity index (χ0n) is 15.1. The molecular weight excluding hydrogens is 342 g/mol. The Morgan fingerprint density at radius 3 is 2.85 bits per heavy atom. The van der Waals surface area contributed by atoms with Gasteiger partial charge in [0.15, 0.2) is 0 Å². The minimum absolute atomic E-state index is 0.0299. The summed E-state index contributed by atoms with van der Waals surface area (Å²) in [6, 6.07) is 15.5. The summed E-state index contributed by atoms with van der Waals surface area (Å²) in [7, 11) is 0. The van der Waals surface area contributed by atoms with Gasteiger partial charge in [-0.1, -0.05) is 30.3 Å². The third-order valence-corrected chi connectivity index (χ3v) is 4.95. The summed E-state index contributed by atoms with van der Waals surface area (Å²) < 4.78 is 5.82. The van der Waals surface area contributed by atoms with Crippen LogP contribution in [0.5, 0.6) is 5.75 Å². The molecule has 0 spiro atoms. The molecule has 2 heterocycles. The molecule has 140 valence electrons. The summed E-state index contributed by atoms with van der Waals surface area (Å²) >= 11 is 0. The Kier molecular flexibility index (Phi) is 4.96. The number of rotatable bonds is 5. The number of benzene rings is 2. The number of nitrogens with one attached hydrogen (secondary N) is 2. The van der Waals surface area contributed by atoms with Gasteiger partial charge >= 0.3 is 6.03 Å². The van der Waals surface area contributed by atoms with Crippen molar-refractivity contribution >= 4 is 17.6 Å². The lowest BCUT2D eigenvalue weighted by Gasteiger charge is -2.17. The van der Waals surface area contributed by atoms with Crippen molar-refractivity contribution in [2.24, 2.45) is 0 Å². The smallest absolute Gasteiger partial charge is 0.315 e. The van der Waals surface area contributed by atoms with Gasteiger partial charge in [-0.25, -0.2) is 4.79 Å². The quantitative estimate of drug-likeness (QED) is 0.856. The van der Waals surface area contributed by atoms with Gasteiger partial charge in [-0.05, 0) is 35.7 Å². The van der Waals surface area contributed by atoms with Crippen molar-refractivity contribution in [3.05, 3.63) is 59.7 Å². The summed E-state index contributed by atoms with van der Waals surface area (Å²) in [5, 5.41) is 5.73. The zero-order valence-corrected chi connectivity index (χ0v) is 15.1. The number of hydrogen-bond acceptors (Lipinski definition) is 3. The fraction of sp³-hybridized carbons (Fsp3) is 0.333. The van der Waals surface area contributed by atoms with Gasteiger partial charge in [0.2, 0.25) is 5.91 Å². The molecule has 0 saturated carbocycles. The summed E-state index contributed by atoms with van der Waals surface area (Å²) in [5.41, 5.74) is 3.04. The van der Waals surface area contributed by atoms with Gasteiger partial charge in [-0.3, -0.25) is 4.79 Å². The van der Waals surface area contributed by atoms with Crippen LogP contribution < -0.4 is 20.3 Å². The van der Waals surface area contributed by atoms with Crippen molar-refractivity contribution in [2.75, 3.05) is 18.0 Å². The highest BCUT2D eigenvalue weighted by atomic mass is 16.5. The predicted molar refractivity (Wildman–Crippen MR) is 103 cm³/mol. The van der Waals surface area contributed by atoms with Crippen molar-refractivity contribution in [1.29, 1.82) is 0 Å². The van der Waals surface area contributed by atoms with Crippen LogP contribution in [0.1, 0.15) is 24.0 Å². The number of carbonyl (C=O) groups is 2. The number of fused-ring (bicyclic) bond motifs is 1. The van der Waals surface area contributed by atoms with Gasteiger partial charge < -0.3 is 20.3 Å². The maximum Gasteiger partial charge on any atom is 0.315 e. The van der Waals surface area contributed by atoms with E-state index in [2.05, 4.69) is 10.6 Å². The largest absolute Gasteiger partial charge is 0.488 e. The number of urea groups is 1. The first-order chi connectivity index (χ1) is 13.2. The Bertz CT molecular complexity index is 827. The van der Waals surface area contributed by atoms with Gasteiger partial charge in [0.25, 0.3) is 0 Å². The Balaban J connectivity index is 1.25. The molecule has 27 heavy (non-hydrogen) atoms. The fourth-order valence-electron chi connectivity index (χ4n) is 3.57. The lowest BCUT2D eigenvalue weighted by atomic mass is 10.1. The first kappa shape index (κ1) is 17.4. The van der Waals surface area contributed by atoms with E-state index in [1.165, 1.54) is 5.56 Å². The number of hydrogen-bond donors (Lipinski definition) is 2. The highest BCUT2D eigenvalue weighted by Gasteiger charge is 2.23. The molecule has 2 aliphatic rings. The molecule has 1 unspecified atom stereocenters. The molecule has 4 rings (SSSR count). The normalized spacial score (nSPS) is 18.1. The molecular formula is C21H23N3O3. The average molecular weight is 365 g/mol. The second kappa shape index (κ2) is 7.70. The van der Waals surface area contributed by atoms with Gasteiger partial charge in [-0.15, -0.1) is 0 Å². The number of nitrogens with zero attached hydrogens (tertiary/aromatic N) is 1. The van der Waals surface area contributed by atoms with E-state index in [4.69, 9.17) is 4.74 Å². The Morgan fingerprint density at radius 2 is 2.04 bits per heavy atom. The first-order valence-corrected chi connectivity index (χ1v) is 9.34. The summed E-state index contributed by atoms with van der Waals surface area (Å²) in [5.74, 6) is 1.06. The molecule has 2 aliphatic heterocycles. The molecule has 0 aromatic heterocycles. The Labute approximate surface area is 158 Å². The van der Waals surface area contributed by atoms with Crippen LogP contribution in [0.2, 0.25) is 0 Å². The van der Waals surface area contributed by atoms with Gasteiger partial charge in [0, 0.05) is 31.6 Å². The number of ether oxygens (including phenoxy) is 1. The summed E-state index contributed by atoms with van der Waals surface area (Å²) in [6.45, 7) is 1.64. The molecule has 3 amide bonds. The maximum atomic E-state index is 12.1. The van der Waals surface area contributed by atoms with E-state index < -0.39 is 0 Å². The first-order valence-electron chi connectivity index (χ1n) is 9.34. The Morgan fingerprint density at radius 1 is 1.15 bits per heavy atom. The lowest BCUT2D eigenvalue weighted by Crippen LogP contribution is -2.40. The van der Waals surface area contributed by atoms with Crippen molar-refractivity contribution in [1.82, 2.24) is 10.6 Å². The van der Waals surface area contributed by atoms with Crippen LogP contribution in [0.4, 0.5) is 10.5 Å². The highest BCUT2D eigenvalue weighted by molar-refractivity contribution is 5.95. The molecule has 0 radical (unpaired) electrons. The van der Waals surface area contributed by atoms with Crippen LogP contribution in [0, 0.1) is 0 Å². The molecule has 0 bridgehead atoms. The van der Waals surface area contributed by atoms with E-state index in [-0.39, 0.29) is 18.0 Å². The van der Waals surface area contributed by atoms with E-state index in [0.29, 0.717) is 19.5 Å². The summed E-state index contributed by atoms with van der Waals surface area (Å²) in [4.78, 5) is 25.8. The topological polar surface area (TPSA) is 70.7 Å². The van der Waals surface area contributed by atoms with Crippen LogP contribution in [-0.4, -0.2) is 31.1 Å². The van der Waals surface area contributed by atoms with Gasteiger partial charge in [0.1, 0.15) is 11.9 Å². The highest BCUT2D eigenvalue weighted by Crippen LogP contribution is 2.27. The van der Waals surface area contributed by atoms with E-state index >= 15 is 0 Å². The minimum atomic E-state index is -0.225. The van der Waals surface area contributed by atoms with E-state index in [0.717, 1.165) is 36.4 Å². The third-order valence-electron chi connectivity index (χ3n) is 4.95. The van der Waals surface area contributed by atoms with Crippen LogP contribution >= 0.6 is 0 Å². The number of para-hydroxylation sites is 1. The Hall–Kier alpha value is -3.02. The van der Waals surface area contributed by atoms with Crippen LogP contribution in [0.3, 0.4) is 0 Å².